The Labute approximate surface area is 151 Å². The van der Waals surface area contributed by atoms with Gasteiger partial charge >= 0.3 is 0 Å². The third-order valence-corrected chi connectivity index (χ3v) is 4.75. The minimum Gasteiger partial charge on any atom is -0.351 e. The molecule has 0 aliphatic rings. The molecule has 1 unspecified atom stereocenters. The lowest BCUT2D eigenvalue weighted by molar-refractivity contribution is -0.120. The van der Waals surface area contributed by atoms with Crippen LogP contribution in [0.3, 0.4) is 0 Å². The van der Waals surface area contributed by atoms with Crippen LogP contribution in [0.25, 0.3) is 0 Å². The molecule has 126 valence electrons. The van der Waals surface area contributed by atoms with E-state index in [9.17, 15) is 9.59 Å². The van der Waals surface area contributed by atoms with Crippen LogP contribution in [-0.2, 0) is 16.1 Å². The summed E-state index contributed by atoms with van der Waals surface area (Å²) in [7, 11) is 0. The van der Waals surface area contributed by atoms with Crippen molar-refractivity contribution in [3.8, 4) is 0 Å². The maximum Gasteiger partial charge on any atom is 0.233 e. The number of hydrogen-bond acceptors (Lipinski definition) is 3. The minimum atomic E-state index is -0.237. The van der Waals surface area contributed by atoms with Crippen molar-refractivity contribution < 1.29 is 9.59 Å². The zero-order chi connectivity index (χ0) is 17.5. The van der Waals surface area contributed by atoms with Crippen molar-refractivity contribution in [2.45, 2.75) is 30.5 Å². The van der Waals surface area contributed by atoms with Gasteiger partial charge in [0.2, 0.25) is 11.8 Å². The summed E-state index contributed by atoms with van der Waals surface area (Å²) >= 11 is 7.54. The highest BCUT2D eigenvalue weighted by Gasteiger charge is 2.14. The second-order valence-corrected chi connectivity index (χ2v) is 7.10. The zero-order valence-corrected chi connectivity index (χ0v) is 15.1. The van der Waals surface area contributed by atoms with Crippen molar-refractivity contribution in [2.24, 2.45) is 0 Å². The summed E-state index contributed by atoms with van der Waals surface area (Å²) in [5.74, 6) is -0.159. The van der Waals surface area contributed by atoms with E-state index in [0.29, 0.717) is 11.6 Å². The first-order valence-electron chi connectivity index (χ1n) is 7.51. The molecule has 2 amide bonds. The Balaban J connectivity index is 1.87. The van der Waals surface area contributed by atoms with Gasteiger partial charge in [0.25, 0.3) is 0 Å². The molecule has 0 saturated carbocycles. The summed E-state index contributed by atoms with van der Waals surface area (Å²) in [5.41, 5.74) is 1.63. The number of hydrogen-bond donors (Lipinski definition) is 2. The molecule has 2 rings (SSSR count). The van der Waals surface area contributed by atoms with Gasteiger partial charge in [0.15, 0.2) is 0 Å². The normalized spacial score (nSPS) is 11.6. The van der Waals surface area contributed by atoms with E-state index in [1.807, 2.05) is 49.4 Å². The fraction of sp³-hybridized carbons (Fsp3) is 0.222. The second-order valence-electron chi connectivity index (χ2n) is 5.27. The standard InChI is InChI=1S/C18H19ClN2O2S/c1-12(18(23)20-11-14-5-3-4-6-17(14)19)24-16-9-7-15(8-10-16)21-13(2)22/h3-10,12H,11H2,1-2H3,(H,20,23)(H,21,22). The summed E-state index contributed by atoms with van der Waals surface area (Å²) in [6.07, 6.45) is 0. The number of amides is 2. The van der Waals surface area contributed by atoms with Crippen LogP contribution >= 0.6 is 23.4 Å². The maximum absolute atomic E-state index is 12.2. The van der Waals surface area contributed by atoms with Crippen molar-refractivity contribution in [3.63, 3.8) is 0 Å². The molecule has 24 heavy (non-hydrogen) atoms. The van der Waals surface area contributed by atoms with Gasteiger partial charge in [-0.3, -0.25) is 9.59 Å². The Kier molecular flexibility index (Phi) is 6.70. The summed E-state index contributed by atoms with van der Waals surface area (Å²) in [4.78, 5) is 24.2. The topological polar surface area (TPSA) is 58.2 Å². The largest absolute Gasteiger partial charge is 0.351 e. The van der Waals surface area contributed by atoms with Crippen molar-refractivity contribution in [2.75, 3.05) is 5.32 Å². The first kappa shape index (κ1) is 18.4. The molecular weight excluding hydrogens is 344 g/mol. The highest BCUT2D eigenvalue weighted by Crippen LogP contribution is 2.25. The van der Waals surface area contributed by atoms with Gasteiger partial charge in [-0.2, -0.15) is 0 Å². The predicted molar refractivity (Wildman–Crippen MR) is 99.4 cm³/mol. The Bertz CT molecular complexity index is 719. The van der Waals surface area contributed by atoms with Crippen molar-refractivity contribution in [3.05, 3.63) is 59.1 Å². The van der Waals surface area contributed by atoms with E-state index >= 15 is 0 Å². The Morgan fingerprint density at radius 1 is 1.12 bits per heavy atom. The SMILES string of the molecule is CC(=O)Nc1ccc(SC(C)C(=O)NCc2ccccc2Cl)cc1. The predicted octanol–water partition coefficient (Wildman–Crippen LogP) is 4.10. The van der Waals surface area contributed by atoms with Crippen LogP contribution < -0.4 is 10.6 Å². The van der Waals surface area contributed by atoms with E-state index < -0.39 is 0 Å². The van der Waals surface area contributed by atoms with E-state index in [2.05, 4.69) is 10.6 Å². The lowest BCUT2D eigenvalue weighted by Gasteiger charge is -2.13. The molecule has 2 N–H and O–H groups in total. The lowest BCUT2D eigenvalue weighted by Crippen LogP contribution is -2.30. The van der Waals surface area contributed by atoms with Crippen molar-refractivity contribution >= 4 is 40.9 Å². The van der Waals surface area contributed by atoms with Crippen LogP contribution in [0.5, 0.6) is 0 Å². The molecule has 0 aliphatic heterocycles. The zero-order valence-electron chi connectivity index (χ0n) is 13.5. The Morgan fingerprint density at radius 2 is 1.79 bits per heavy atom. The van der Waals surface area contributed by atoms with E-state index in [1.54, 1.807) is 6.07 Å². The highest BCUT2D eigenvalue weighted by molar-refractivity contribution is 8.00. The number of benzene rings is 2. The van der Waals surface area contributed by atoms with E-state index in [4.69, 9.17) is 11.6 Å². The fourth-order valence-corrected chi connectivity index (χ4v) is 3.14. The van der Waals surface area contributed by atoms with Crippen LogP contribution in [0.2, 0.25) is 5.02 Å². The monoisotopic (exact) mass is 362 g/mol. The average molecular weight is 363 g/mol. The summed E-state index contributed by atoms with van der Waals surface area (Å²) in [6, 6.07) is 14.8. The van der Waals surface area contributed by atoms with Crippen LogP contribution in [-0.4, -0.2) is 17.1 Å². The molecule has 0 radical (unpaired) electrons. The number of carbonyl (C=O) groups is 2. The van der Waals surface area contributed by atoms with Crippen molar-refractivity contribution in [1.29, 1.82) is 0 Å². The number of rotatable bonds is 6. The lowest BCUT2D eigenvalue weighted by atomic mass is 10.2. The second kappa shape index (κ2) is 8.76. The van der Waals surface area contributed by atoms with Gasteiger partial charge in [-0.1, -0.05) is 29.8 Å². The molecule has 0 bridgehead atoms. The van der Waals surface area contributed by atoms with Gasteiger partial charge < -0.3 is 10.6 Å². The molecule has 0 heterocycles. The van der Waals surface area contributed by atoms with Crippen LogP contribution in [0, 0.1) is 0 Å². The van der Waals surface area contributed by atoms with Gasteiger partial charge in [-0.25, -0.2) is 0 Å². The van der Waals surface area contributed by atoms with Gasteiger partial charge in [0.05, 0.1) is 5.25 Å². The summed E-state index contributed by atoms with van der Waals surface area (Å²) in [6.45, 7) is 3.73. The third-order valence-electron chi connectivity index (χ3n) is 3.27. The fourth-order valence-electron chi connectivity index (χ4n) is 2.05. The average Bonchev–Trinajstić information content (AvgIpc) is 2.55. The maximum atomic E-state index is 12.2. The van der Waals surface area contributed by atoms with Gasteiger partial charge in [-0.15, -0.1) is 11.8 Å². The molecule has 2 aromatic rings. The third kappa shape index (κ3) is 5.58. The molecule has 0 aromatic heterocycles. The summed E-state index contributed by atoms with van der Waals surface area (Å²) < 4.78 is 0. The molecule has 4 nitrogen and oxygen atoms in total. The smallest absolute Gasteiger partial charge is 0.233 e. The molecule has 0 fully saturated rings. The van der Waals surface area contributed by atoms with Gasteiger partial charge in [0, 0.05) is 29.1 Å². The number of anilines is 1. The number of thioether (sulfide) groups is 1. The van der Waals surface area contributed by atoms with Crippen molar-refractivity contribution in [1.82, 2.24) is 5.32 Å². The Morgan fingerprint density at radius 3 is 2.42 bits per heavy atom. The van der Waals surface area contributed by atoms with E-state index in [-0.39, 0.29) is 17.1 Å². The summed E-state index contributed by atoms with van der Waals surface area (Å²) in [5, 5.41) is 6.02. The highest BCUT2D eigenvalue weighted by atomic mass is 35.5. The molecule has 0 aliphatic carbocycles. The molecule has 2 aromatic carbocycles. The first-order chi connectivity index (χ1) is 11.5. The number of carbonyl (C=O) groups excluding carboxylic acids is 2. The quantitative estimate of drug-likeness (QED) is 0.761. The molecular formula is C18H19ClN2O2S. The number of halogens is 1. The Hall–Kier alpha value is -1.98. The minimum absolute atomic E-state index is 0.0501. The van der Waals surface area contributed by atoms with Crippen LogP contribution in [0.1, 0.15) is 19.4 Å². The first-order valence-corrected chi connectivity index (χ1v) is 8.77. The van der Waals surface area contributed by atoms with E-state index in [1.165, 1.54) is 18.7 Å². The van der Waals surface area contributed by atoms with Gasteiger partial charge in [-0.05, 0) is 42.8 Å². The molecule has 0 spiro atoms. The van der Waals surface area contributed by atoms with Crippen LogP contribution in [0.15, 0.2) is 53.4 Å². The molecule has 1 atom stereocenters. The van der Waals surface area contributed by atoms with Gasteiger partial charge in [0.1, 0.15) is 0 Å². The van der Waals surface area contributed by atoms with Crippen LogP contribution in [0.4, 0.5) is 5.69 Å². The molecule has 0 saturated heterocycles. The van der Waals surface area contributed by atoms with E-state index in [0.717, 1.165) is 16.1 Å². The molecule has 6 heteroatoms. The number of nitrogens with one attached hydrogen (secondary N) is 2.